The lowest BCUT2D eigenvalue weighted by atomic mass is 10.00. The van der Waals surface area contributed by atoms with Crippen molar-refractivity contribution in [3.63, 3.8) is 0 Å². The fraction of sp³-hybridized carbons (Fsp3) is 0.769. The summed E-state index contributed by atoms with van der Waals surface area (Å²) in [7, 11) is 4.88. The molecule has 1 atom stereocenters. The average Bonchev–Trinajstić information content (AvgIpc) is 2.34. The Kier molecular flexibility index (Phi) is 7.79. The van der Waals surface area contributed by atoms with Gasteiger partial charge in [0.2, 0.25) is 17.7 Å². The molecule has 0 spiro atoms. The molecule has 6 heteroatoms. The number of hydrogen-bond donors (Lipinski definition) is 2. The molecule has 6 nitrogen and oxygen atoms in total. The Morgan fingerprint density at radius 2 is 1.63 bits per heavy atom. The van der Waals surface area contributed by atoms with E-state index >= 15 is 0 Å². The van der Waals surface area contributed by atoms with Crippen molar-refractivity contribution in [3.05, 3.63) is 0 Å². The number of hydrogen-bond acceptors (Lipinski definition) is 3. The molecule has 19 heavy (non-hydrogen) atoms. The van der Waals surface area contributed by atoms with Crippen molar-refractivity contribution in [2.45, 2.75) is 39.2 Å². The van der Waals surface area contributed by atoms with Crippen LogP contribution in [0.4, 0.5) is 0 Å². The van der Waals surface area contributed by atoms with Crippen LogP contribution in [0.2, 0.25) is 0 Å². The van der Waals surface area contributed by atoms with Gasteiger partial charge >= 0.3 is 0 Å². The van der Waals surface area contributed by atoms with Crippen LogP contribution in [0, 0.1) is 5.92 Å². The standard InChI is InChI=1S/C13H25N3O3/c1-9(2)10(8-12(18)14-3)15-11(17)6-7-13(19)16(4)5/h9-10H,6-8H2,1-5H3,(H,14,18)(H,15,17)/t10-/m1/s1. The second-order valence-electron chi connectivity index (χ2n) is 5.08. The Labute approximate surface area is 114 Å². The van der Waals surface area contributed by atoms with E-state index in [1.54, 1.807) is 21.1 Å². The largest absolute Gasteiger partial charge is 0.359 e. The molecule has 0 unspecified atom stereocenters. The van der Waals surface area contributed by atoms with E-state index in [-0.39, 0.29) is 48.9 Å². The Bertz CT molecular complexity index is 327. The van der Waals surface area contributed by atoms with Gasteiger partial charge in [0.1, 0.15) is 0 Å². The summed E-state index contributed by atoms with van der Waals surface area (Å²) < 4.78 is 0. The summed E-state index contributed by atoms with van der Waals surface area (Å²) in [6, 6.07) is -0.207. The third-order valence-electron chi connectivity index (χ3n) is 2.90. The zero-order valence-electron chi connectivity index (χ0n) is 12.4. The van der Waals surface area contributed by atoms with Gasteiger partial charge in [-0.2, -0.15) is 0 Å². The van der Waals surface area contributed by atoms with Crippen LogP contribution in [0.1, 0.15) is 33.1 Å². The highest BCUT2D eigenvalue weighted by atomic mass is 16.2. The van der Waals surface area contributed by atoms with E-state index in [0.29, 0.717) is 0 Å². The smallest absolute Gasteiger partial charge is 0.222 e. The Balaban J connectivity index is 4.25. The number of nitrogens with one attached hydrogen (secondary N) is 2. The van der Waals surface area contributed by atoms with Crippen LogP contribution in [0.5, 0.6) is 0 Å². The lowest BCUT2D eigenvalue weighted by Gasteiger charge is -2.21. The number of amides is 3. The first kappa shape index (κ1) is 17.4. The highest BCUT2D eigenvalue weighted by Crippen LogP contribution is 2.07. The molecule has 0 saturated carbocycles. The molecule has 0 saturated heterocycles. The monoisotopic (exact) mass is 271 g/mol. The van der Waals surface area contributed by atoms with Crippen LogP contribution in [-0.4, -0.2) is 49.8 Å². The molecule has 0 aliphatic rings. The SMILES string of the molecule is CNC(=O)C[C@@H](NC(=O)CCC(=O)N(C)C)C(C)C. The molecule has 2 N–H and O–H groups in total. The summed E-state index contributed by atoms with van der Waals surface area (Å²) in [6.07, 6.45) is 0.582. The average molecular weight is 271 g/mol. The predicted molar refractivity (Wildman–Crippen MR) is 73.4 cm³/mol. The minimum atomic E-state index is -0.207. The van der Waals surface area contributed by atoms with E-state index in [4.69, 9.17) is 0 Å². The zero-order valence-corrected chi connectivity index (χ0v) is 12.4. The van der Waals surface area contributed by atoms with Gasteiger partial charge in [-0.05, 0) is 5.92 Å². The van der Waals surface area contributed by atoms with Gasteiger partial charge in [0, 0.05) is 46.4 Å². The molecule has 0 aromatic heterocycles. The summed E-state index contributed by atoms with van der Waals surface area (Å²) in [5.41, 5.74) is 0. The van der Waals surface area contributed by atoms with E-state index in [1.165, 1.54) is 4.90 Å². The van der Waals surface area contributed by atoms with Crippen molar-refractivity contribution < 1.29 is 14.4 Å². The van der Waals surface area contributed by atoms with Crippen molar-refractivity contribution >= 4 is 17.7 Å². The third kappa shape index (κ3) is 7.43. The van der Waals surface area contributed by atoms with Crippen LogP contribution in [0.15, 0.2) is 0 Å². The third-order valence-corrected chi connectivity index (χ3v) is 2.90. The molecule has 0 bridgehead atoms. The fourth-order valence-corrected chi connectivity index (χ4v) is 1.48. The summed E-state index contributed by atoms with van der Waals surface area (Å²) in [4.78, 5) is 35.9. The first-order chi connectivity index (χ1) is 8.77. The molecule has 0 aromatic rings. The number of rotatable bonds is 7. The summed E-state index contributed by atoms with van der Waals surface area (Å²) in [6.45, 7) is 3.89. The van der Waals surface area contributed by atoms with E-state index < -0.39 is 0 Å². The van der Waals surface area contributed by atoms with Crippen LogP contribution >= 0.6 is 0 Å². The van der Waals surface area contributed by atoms with Gasteiger partial charge in [0.25, 0.3) is 0 Å². The van der Waals surface area contributed by atoms with Gasteiger partial charge < -0.3 is 15.5 Å². The maximum atomic E-state index is 11.7. The van der Waals surface area contributed by atoms with E-state index in [1.807, 2.05) is 13.8 Å². The zero-order chi connectivity index (χ0) is 15.0. The summed E-state index contributed by atoms with van der Waals surface area (Å²) in [5, 5.41) is 5.34. The molecule has 3 amide bonds. The van der Waals surface area contributed by atoms with Gasteiger partial charge in [-0.15, -0.1) is 0 Å². The van der Waals surface area contributed by atoms with Crippen molar-refractivity contribution in [1.82, 2.24) is 15.5 Å². The lowest BCUT2D eigenvalue weighted by molar-refractivity contribution is -0.132. The highest BCUT2D eigenvalue weighted by molar-refractivity contribution is 5.84. The van der Waals surface area contributed by atoms with Crippen LogP contribution < -0.4 is 10.6 Å². The van der Waals surface area contributed by atoms with Crippen LogP contribution in [-0.2, 0) is 14.4 Å². The van der Waals surface area contributed by atoms with Gasteiger partial charge in [-0.1, -0.05) is 13.8 Å². The maximum absolute atomic E-state index is 11.7. The van der Waals surface area contributed by atoms with Crippen molar-refractivity contribution in [3.8, 4) is 0 Å². The van der Waals surface area contributed by atoms with Crippen LogP contribution in [0.3, 0.4) is 0 Å². The minimum Gasteiger partial charge on any atom is -0.359 e. The molecule has 0 rings (SSSR count). The second kappa shape index (κ2) is 8.50. The second-order valence-corrected chi connectivity index (χ2v) is 5.08. The minimum absolute atomic E-state index is 0.0810. The van der Waals surface area contributed by atoms with Gasteiger partial charge in [-0.25, -0.2) is 0 Å². The molecule has 0 heterocycles. The van der Waals surface area contributed by atoms with E-state index in [9.17, 15) is 14.4 Å². The number of carbonyl (C=O) groups excluding carboxylic acids is 3. The number of carbonyl (C=O) groups is 3. The van der Waals surface area contributed by atoms with E-state index in [2.05, 4.69) is 10.6 Å². The molecule has 0 aliphatic heterocycles. The molecule has 0 radical (unpaired) electrons. The molecule has 110 valence electrons. The van der Waals surface area contributed by atoms with Gasteiger partial charge in [0.15, 0.2) is 0 Å². The number of nitrogens with zero attached hydrogens (tertiary/aromatic N) is 1. The first-order valence-electron chi connectivity index (χ1n) is 6.48. The molecule has 0 aliphatic carbocycles. The molecular formula is C13H25N3O3. The van der Waals surface area contributed by atoms with E-state index in [0.717, 1.165) is 0 Å². The summed E-state index contributed by atoms with van der Waals surface area (Å²) in [5.74, 6) is -0.227. The molecule has 0 aromatic carbocycles. The topological polar surface area (TPSA) is 78.5 Å². The normalized spacial score (nSPS) is 11.9. The predicted octanol–water partition coefficient (Wildman–Crippen LogP) is 0.132. The molecule has 0 fully saturated rings. The Hall–Kier alpha value is -1.59. The Morgan fingerprint density at radius 1 is 1.05 bits per heavy atom. The highest BCUT2D eigenvalue weighted by Gasteiger charge is 2.19. The maximum Gasteiger partial charge on any atom is 0.222 e. The van der Waals surface area contributed by atoms with Gasteiger partial charge in [0.05, 0.1) is 0 Å². The van der Waals surface area contributed by atoms with Gasteiger partial charge in [-0.3, -0.25) is 14.4 Å². The summed E-state index contributed by atoms with van der Waals surface area (Å²) >= 11 is 0. The fourth-order valence-electron chi connectivity index (χ4n) is 1.48. The first-order valence-corrected chi connectivity index (χ1v) is 6.48. The van der Waals surface area contributed by atoms with Crippen molar-refractivity contribution in [2.24, 2.45) is 5.92 Å². The quantitative estimate of drug-likeness (QED) is 0.691. The molecular weight excluding hydrogens is 246 g/mol. The lowest BCUT2D eigenvalue weighted by Crippen LogP contribution is -2.42. The Morgan fingerprint density at radius 3 is 2.05 bits per heavy atom. The van der Waals surface area contributed by atoms with Crippen LogP contribution in [0.25, 0.3) is 0 Å². The van der Waals surface area contributed by atoms with Crippen molar-refractivity contribution in [2.75, 3.05) is 21.1 Å². The van der Waals surface area contributed by atoms with Crippen molar-refractivity contribution in [1.29, 1.82) is 0 Å².